The number of aromatic hydroxyl groups is 2. The molecule has 0 aliphatic heterocycles. The van der Waals surface area contributed by atoms with E-state index in [1.54, 1.807) is 60.7 Å². The Labute approximate surface area is 378 Å². The summed E-state index contributed by atoms with van der Waals surface area (Å²) in [6, 6.07) is 35.1. The van der Waals surface area contributed by atoms with Gasteiger partial charge in [-0.15, -0.1) is 47.3 Å². The van der Waals surface area contributed by atoms with E-state index in [1.165, 1.54) is 62.8 Å². The maximum absolute atomic E-state index is 15.1. The predicted molar refractivity (Wildman–Crippen MR) is 248 cm³/mol. The maximum atomic E-state index is 15.1. The van der Waals surface area contributed by atoms with Gasteiger partial charge in [0.05, 0.1) is 24.3 Å². The lowest BCUT2D eigenvalue weighted by Crippen LogP contribution is -2.00. The lowest BCUT2D eigenvalue weighted by molar-refractivity contribution is 0.412. The fourth-order valence-electron chi connectivity index (χ4n) is 6.96. The number of phenols is 2. The number of phenolic OH excluding ortho intramolecular Hbond substituents is 2. The average molecular weight is 1040 g/mol. The summed E-state index contributed by atoms with van der Waals surface area (Å²) in [4.78, 5) is 0. The van der Waals surface area contributed by atoms with Crippen molar-refractivity contribution in [2.24, 2.45) is 0 Å². The topological polar surface area (TPSA) is 58.9 Å². The summed E-state index contributed by atoms with van der Waals surface area (Å²) in [6.07, 6.45) is 0. The van der Waals surface area contributed by atoms with Gasteiger partial charge in [0, 0.05) is 66.1 Å². The molecular weight excluding hydrogens is 1010 g/mol. The highest BCUT2D eigenvalue weighted by Crippen LogP contribution is 2.53. The number of benzene rings is 8. The third-order valence-electron chi connectivity index (χ3n) is 9.42. The number of methoxy groups -OCH3 is 2. The van der Waals surface area contributed by atoms with Crippen molar-refractivity contribution in [2.45, 2.75) is 0 Å². The highest BCUT2D eigenvalue weighted by Gasteiger charge is 2.28. The first-order valence-corrected chi connectivity index (χ1v) is 21.3. The molecule has 0 amide bonds. The van der Waals surface area contributed by atoms with Crippen LogP contribution in [0.5, 0.6) is 23.0 Å². The fraction of sp³-hybridized carbons (Fsp3) is 0.0435. The maximum Gasteiger partial charge on any atom is 0.369 e. The second-order valence-electron chi connectivity index (χ2n) is 12.8. The van der Waals surface area contributed by atoms with Gasteiger partial charge in [-0.2, -0.15) is 0 Å². The zero-order valence-electron chi connectivity index (χ0n) is 31.4. The molecule has 0 bridgehead atoms. The number of hydrogen-bond donors (Lipinski definition) is 2. The van der Waals surface area contributed by atoms with Gasteiger partial charge in [-0.25, -0.2) is 17.6 Å². The van der Waals surface area contributed by atoms with Crippen LogP contribution in [-0.4, -0.2) is 27.6 Å². The van der Waals surface area contributed by atoms with Gasteiger partial charge >= 0.3 is 3.18 Å². The van der Waals surface area contributed by atoms with Crippen molar-refractivity contribution < 1.29 is 37.2 Å². The van der Waals surface area contributed by atoms with Crippen LogP contribution in [0.1, 0.15) is 0 Å². The molecule has 0 fully saturated rings. The summed E-state index contributed by atoms with van der Waals surface area (Å²) < 4.78 is 71.0. The Morgan fingerprint density at radius 1 is 0.433 bits per heavy atom. The van der Waals surface area contributed by atoms with E-state index in [-0.39, 0.29) is 58.1 Å². The lowest BCUT2D eigenvalue weighted by atomic mass is 9.88. The molecule has 14 heteroatoms. The Morgan fingerprint density at radius 3 is 1.13 bits per heavy atom. The summed E-state index contributed by atoms with van der Waals surface area (Å²) in [6.45, 7) is 0. The molecule has 2 N–H and O–H groups in total. The second kappa shape index (κ2) is 19.8. The van der Waals surface area contributed by atoms with Gasteiger partial charge in [0.25, 0.3) is 0 Å². The predicted octanol–water partition coefficient (Wildman–Crippen LogP) is 15.8. The molecule has 0 aliphatic carbocycles. The molecule has 0 radical (unpaired) electrons. The minimum Gasteiger partial charge on any atom is -0.507 e. The Hall–Kier alpha value is -4.72. The van der Waals surface area contributed by atoms with E-state index in [9.17, 15) is 23.4 Å². The van der Waals surface area contributed by atoms with E-state index < -0.39 is 23.3 Å². The number of ether oxygens (including phenoxy) is 2. The summed E-state index contributed by atoms with van der Waals surface area (Å²) in [5, 5.41) is 23.8. The first-order valence-electron chi connectivity index (χ1n) is 17.8. The summed E-state index contributed by atoms with van der Waals surface area (Å²) in [5.74, 6) is -2.09. The third-order valence-corrected chi connectivity index (χ3v) is 10.0. The standard InChI is InChI=1S/C24H17ClF2O2.C22H13ClF2O2.BBr3/c1-28-23-14-8-3-4-9-15(14)24(29-2)21(17-11-7-12-18(25)22(17)27)20(23)16-10-5-6-13-19(16)26;23-16-10-5-9-15(20(16)25)19-18(14-8-3-4-11-17(14)24)21(26)12-6-1-2-7-13(12)22(19)27;2-1(3)4/h3-13H,1-2H3;1-11,26-27H;. The van der Waals surface area contributed by atoms with Crippen molar-refractivity contribution in [3.63, 3.8) is 0 Å². The molecule has 0 atom stereocenters. The molecule has 60 heavy (non-hydrogen) atoms. The molecule has 0 heterocycles. The van der Waals surface area contributed by atoms with Crippen molar-refractivity contribution >= 4 is 95.2 Å². The first-order chi connectivity index (χ1) is 28.8. The molecule has 8 aromatic rings. The normalized spacial score (nSPS) is 10.7. The van der Waals surface area contributed by atoms with E-state index >= 15 is 4.39 Å². The molecule has 0 spiro atoms. The van der Waals surface area contributed by atoms with Crippen molar-refractivity contribution in [2.75, 3.05) is 14.2 Å². The van der Waals surface area contributed by atoms with Crippen LogP contribution in [0.15, 0.2) is 133 Å². The molecule has 4 nitrogen and oxygen atoms in total. The number of fused-ring (bicyclic) bond motifs is 2. The van der Waals surface area contributed by atoms with E-state index in [4.69, 9.17) is 32.7 Å². The molecule has 0 aliphatic rings. The Morgan fingerprint density at radius 2 is 0.733 bits per heavy atom. The minimum absolute atomic E-state index is 0.00506. The largest absolute Gasteiger partial charge is 0.507 e. The smallest absolute Gasteiger partial charge is 0.369 e. The molecule has 0 unspecified atom stereocenters. The molecule has 8 aromatic carbocycles. The van der Waals surface area contributed by atoms with Gasteiger partial charge in [0.1, 0.15) is 46.3 Å². The Bertz CT molecular complexity index is 2860. The molecular formula is C46H30BBr3Cl2F4O4. The van der Waals surface area contributed by atoms with Crippen LogP contribution in [0, 0.1) is 23.3 Å². The van der Waals surface area contributed by atoms with Crippen LogP contribution in [0.25, 0.3) is 66.1 Å². The van der Waals surface area contributed by atoms with Gasteiger partial charge in [0.15, 0.2) is 0 Å². The fourth-order valence-corrected chi connectivity index (χ4v) is 7.31. The van der Waals surface area contributed by atoms with Crippen LogP contribution >= 0.6 is 70.5 Å². The van der Waals surface area contributed by atoms with E-state index in [2.05, 4.69) is 47.3 Å². The van der Waals surface area contributed by atoms with Crippen LogP contribution < -0.4 is 9.47 Å². The highest BCUT2D eigenvalue weighted by atomic mass is 79.9. The summed E-state index contributed by atoms with van der Waals surface area (Å²) in [5.41, 5.74) is 1.28. The SMILES string of the molecule is BrB(Br)Br.COc1c(-c2ccccc2F)c(-c2cccc(Cl)c2F)c(OC)c2ccccc12.Oc1c(-c2ccccc2F)c(-c2cccc(Cl)c2F)c(O)c2ccccc12. The van der Waals surface area contributed by atoms with Gasteiger partial charge in [-0.1, -0.05) is 132 Å². The van der Waals surface area contributed by atoms with Crippen LogP contribution in [0.4, 0.5) is 17.6 Å². The first kappa shape index (κ1) is 44.8. The van der Waals surface area contributed by atoms with Crippen molar-refractivity contribution in [3.8, 4) is 67.5 Å². The highest BCUT2D eigenvalue weighted by molar-refractivity contribution is 9.69. The monoisotopic (exact) mass is 1040 g/mol. The second-order valence-corrected chi connectivity index (χ2v) is 20.0. The van der Waals surface area contributed by atoms with E-state index in [1.807, 2.05) is 24.3 Å². The lowest BCUT2D eigenvalue weighted by Gasteiger charge is -2.22. The van der Waals surface area contributed by atoms with Crippen molar-refractivity contribution in [1.82, 2.24) is 0 Å². The molecule has 0 aromatic heterocycles. The molecule has 0 saturated carbocycles. The van der Waals surface area contributed by atoms with Crippen LogP contribution in [0.3, 0.4) is 0 Å². The van der Waals surface area contributed by atoms with Crippen molar-refractivity contribution in [3.05, 3.63) is 167 Å². The number of rotatable bonds is 6. The molecule has 0 saturated heterocycles. The minimum atomic E-state index is -0.762. The average Bonchev–Trinajstić information content (AvgIpc) is 3.24. The summed E-state index contributed by atoms with van der Waals surface area (Å²) >= 11 is 21.3. The molecule has 304 valence electrons. The quantitative estimate of drug-likeness (QED) is 0.0990. The van der Waals surface area contributed by atoms with Crippen LogP contribution in [-0.2, 0) is 0 Å². The van der Waals surface area contributed by atoms with E-state index in [0.29, 0.717) is 33.4 Å². The zero-order valence-corrected chi connectivity index (χ0v) is 37.7. The number of hydrogen-bond acceptors (Lipinski definition) is 4. The van der Waals surface area contributed by atoms with Gasteiger partial charge < -0.3 is 19.7 Å². The zero-order chi connectivity index (χ0) is 43.2. The van der Waals surface area contributed by atoms with Crippen LogP contribution in [0.2, 0.25) is 10.0 Å². The van der Waals surface area contributed by atoms with Gasteiger partial charge in [-0.05, 0) is 24.3 Å². The third kappa shape index (κ3) is 8.99. The molecule has 8 rings (SSSR count). The Kier molecular flexibility index (Phi) is 14.8. The Balaban J connectivity index is 0.000000185. The van der Waals surface area contributed by atoms with Gasteiger partial charge in [0.2, 0.25) is 0 Å². The van der Waals surface area contributed by atoms with E-state index in [0.717, 1.165) is 10.8 Å². The van der Waals surface area contributed by atoms with Gasteiger partial charge in [-0.3, -0.25) is 0 Å². The van der Waals surface area contributed by atoms with Crippen molar-refractivity contribution in [1.29, 1.82) is 0 Å². The number of halogens is 9. The summed E-state index contributed by atoms with van der Waals surface area (Å²) in [7, 11) is 3.02.